The van der Waals surface area contributed by atoms with Crippen molar-refractivity contribution >= 4 is 15.9 Å². The van der Waals surface area contributed by atoms with Crippen LogP contribution in [0.4, 0.5) is 0 Å². The Hall–Kier alpha value is -2.26. The van der Waals surface area contributed by atoms with Gasteiger partial charge in [-0.1, -0.05) is 28.7 Å². The van der Waals surface area contributed by atoms with Gasteiger partial charge in [-0.05, 0) is 43.7 Å². The van der Waals surface area contributed by atoms with Crippen molar-refractivity contribution in [1.29, 1.82) is 0 Å². The van der Waals surface area contributed by atoms with Crippen LogP contribution in [-0.4, -0.2) is 46.0 Å². The van der Waals surface area contributed by atoms with Gasteiger partial charge in [0.2, 0.25) is 0 Å². The molecule has 0 aliphatic carbocycles. The van der Waals surface area contributed by atoms with Gasteiger partial charge in [-0.2, -0.15) is 0 Å². The average molecular weight is 421 g/mol. The maximum absolute atomic E-state index is 12.5. The van der Waals surface area contributed by atoms with E-state index in [4.69, 9.17) is 4.84 Å². The highest BCUT2D eigenvalue weighted by Gasteiger charge is 2.21. The molecule has 2 aromatic carbocycles. The van der Waals surface area contributed by atoms with Crippen LogP contribution in [0.15, 0.2) is 53.4 Å². The number of hydroxylamine groups is 1. The van der Waals surface area contributed by atoms with Crippen LogP contribution in [0.25, 0.3) is 0 Å². The molecule has 0 heterocycles. The lowest BCUT2D eigenvalue weighted by atomic mass is 10.1. The van der Waals surface area contributed by atoms with Crippen LogP contribution in [-0.2, 0) is 28.0 Å². The first-order valence-corrected chi connectivity index (χ1v) is 11.1. The number of amides is 1. The number of nitrogens with one attached hydrogen (secondary N) is 2. The van der Waals surface area contributed by atoms with E-state index in [1.807, 2.05) is 18.2 Å². The Morgan fingerprint density at radius 3 is 2.17 bits per heavy atom. The van der Waals surface area contributed by atoms with Gasteiger partial charge >= 0.3 is 0 Å². The molecule has 0 atom stereocenters. The van der Waals surface area contributed by atoms with Crippen LogP contribution in [0.1, 0.15) is 35.3 Å². The lowest BCUT2D eigenvalue weighted by Gasteiger charge is -2.18. The van der Waals surface area contributed by atoms with Gasteiger partial charge < -0.3 is 10.2 Å². The summed E-state index contributed by atoms with van der Waals surface area (Å²) in [6.45, 7) is 7.76. The molecule has 1 amide bonds. The summed E-state index contributed by atoms with van der Waals surface area (Å²) < 4.78 is 25.2. The smallest absolute Gasteiger partial charge is 0.264 e. The summed E-state index contributed by atoms with van der Waals surface area (Å²) in [5.74, 6) is -0.251. The zero-order valence-electron chi connectivity index (χ0n) is 17.4. The molecule has 0 fully saturated rings. The highest BCUT2D eigenvalue weighted by molar-refractivity contribution is 7.89. The van der Waals surface area contributed by atoms with E-state index in [2.05, 4.69) is 25.2 Å². The van der Waals surface area contributed by atoms with Crippen molar-refractivity contribution in [3.8, 4) is 0 Å². The summed E-state index contributed by atoms with van der Waals surface area (Å²) in [5, 5.41) is 2.92. The van der Waals surface area contributed by atoms with Gasteiger partial charge in [0.15, 0.2) is 0 Å². The maximum atomic E-state index is 12.5. The van der Waals surface area contributed by atoms with Crippen molar-refractivity contribution in [3.63, 3.8) is 0 Å². The summed E-state index contributed by atoms with van der Waals surface area (Å²) in [6.07, 6.45) is 0. The van der Waals surface area contributed by atoms with E-state index in [0.29, 0.717) is 12.1 Å². The summed E-state index contributed by atoms with van der Waals surface area (Å²) in [6, 6.07) is 13.9. The summed E-state index contributed by atoms with van der Waals surface area (Å²) in [5.41, 5.74) is 2.70. The molecule has 2 rings (SSSR count). The standard InChI is InChI=1S/C21H29N3O4S/c1-5-24(6-2)16-19-10-8-7-9-18(19)15-22-21(25)17-11-13-20(14-12-17)29(26,27)23(3)28-4/h7-14H,5-6,15-16H2,1-4H3,(H,22,25)/p+1. The zero-order valence-corrected chi connectivity index (χ0v) is 18.3. The number of hydrogen-bond donors (Lipinski definition) is 2. The second kappa shape index (κ2) is 10.5. The minimum Gasteiger partial charge on any atom is -0.348 e. The highest BCUT2D eigenvalue weighted by Crippen LogP contribution is 2.15. The minimum absolute atomic E-state index is 0.0611. The predicted octanol–water partition coefficient (Wildman–Crippen LogP) is 1.22. The van der Waals surface area contributed by atoms with Gasteiger partial charge in [-0.25, -0.2) is 8.42 Å². The lowest BCUT2D eigenvalue weighted by Crippen LogP contribution is -3.10. The zero-order chi connectivity index (χ0) is 21.4. The second-order valence-corrected chi connectivity index (χ2v) is 8.64. The fourth-order valence-electron chi connectivity index (χ4n) is 2.97. The number of rotatable bonds is 10. The molecular formula is C21H30N3O4S+. The Morgan fingerprint density at radius 1 is 1.03 bits per heavy atom. The first kappa shape index (κ1) is 23.0. The number of carbonyl (C=O) groups is 1. The Bertz CT molecular complexity index is 910. The first-order chi connectivity index (χ1) is 13.8. The van der Waals surface area contributed by atoms with Gasteiger partial charge in [0.1, 0.15) is 6.54 Å². The van der Waals surface area contributed by atoms with Gasteiger partial charge in [0, 0.05) is 24.7 Å². The molecule has 0 saturated heterocycles. The molecule has 0 spiro atoms. The van der Waals surface area contributed by atoms with E-state index in [9.17, 15) is 13.2 Å². The fourth-order valence-corrected chi connectivity index (χ4v) is 3.95. The summed E-state index contributed by atoms with van der Waals surface area (Å²) in [4.78, 5) is 18.8. The lowest BCUT2D eigenvalue weighted by molar-refractivity contribution is -0.910. The molecule has 158 valence electrons. The molecule has 0 aromatic heterocycles. The van der Waals surface area contributed by atoms with Gasteiger partial charge in [0.25, 0.3) is 15.9 Å². The number of hydrogen-bond acceptors (Lipinski definition) is 4. The third kappa shape index (κ3) is 5.86. The number of carbonyl (C=O) groups excluding carboxylic acids is 1. The van der Waals surface area contributed by atoms with Crippen molar-refractivity contribution in [2.45, 2.75) is 31.8 Å². The Kier molecular flexibility index (Phi) is 8.33. The van der Waals surface area contributed by atoms with Gasteiger partial charge in [-0.3, -0.25) is 9.63 Å². The van der Waals surface area contributed by atoms with Crippen molar-refractivity contribution in [1.82, 2.24) is 9.79 Å². The molecule has 2 aromatic rings. The fraction of sp³-hybridized carbons (Fsp3) is 0.381. The van der Waals surface area contributed by atoms with Crippen LogP contribution in [0.5, 0.6) is 0 Å². The van der Waals surface area contributed by atoms with Gasteiger partial charge in [0.05, 0.1) is 25.1 Å². The third-order valence-corrected chi connectivity index (χ3v) is 6.70. The van der Waals surface area contributed by atoms with E-state index in [0.717, 1.165) is 29.7 Å². The van der Waals surface area contributed by atoms with Gasteiger partial charge in [-0.15, -0.1) is 0 Å². The molecule has 0 unspecified atom stereocenters. The topological polar surface area (TPSA) is 80.2 Å². The molecule has 0 radical (unpaired) electrons. The Morgan fingerprint density at radius 2 is 1.62 bits per heavy atom. The molecule has 0 saturated carbocycles. The van der Waals surface area contributed by atoms with E-state index in [1.165, 1.54) is 48.9 Å². The first-order valence-electron chi connectivity index (χ1n) is 9.65. The SMILES string of the molecule is CC[NH+](CC)Cc1ccccc1CNC(=O)c1ccc(S(=O)(=O)N(C)OC)cc1. The van der Waals surface area contributed by atoms with Crippen LogP contribution in [0.2, 0.25) is 0 Å². The van der Waals surface area contributed by atoms with Crippen molar-refractivity contribution in [2.75, 3.05) is 27.2 Å². The molecule has 0 aliphatic heterocycles. The highest BCUT2D eigenvalue weighted by atomic mass is 32.2. The number of nitrogens with zero attached hydrogens (tertiary/aromatic N) is 1. The van der Waals surface area contributed by atoms with E-state index < -0.39 is 10.0 Å². The van der Waals surface area contributed by atoms with E-state index in [1.54, 1.807) is 0 Å². The number of quaternary nitrogens is 1. The molecule has 0 aliphatic rings. The Labute approximate surface area is 173 Å². The number of sulfonamides is 1. The third-order valence-electron chi connectivity index (χ3n) is 5.01. The van der Waals surface area contributed by atoms with Crippen molar-refractivity contribution < 1.29 is 22.9 Å². The quantitative estimate of drug-likeness (QED) is 0.567. The maximum Gasteiger partial charge on any atom is 0.264 e. The molecule has 2 N–H and O–H groups in total. The summed E-state index contributed by atoms with van der Waals surface area (Å²) in [7, 11) is -1.14. The van der Waals surface area contributed by atoms with E-state index in [-0.39, 0.29) is 10.8 Å². The van der Waals surface area contributed by atoms with E-state index >= 15 is 0 Å². The molecule has 29 heavy (non-hydrogen) atoms. The van der Waals surface area contributed by atoms with Crippen molar-refractivity contribution in [2.24, 2.45) is 0 Å². The van der Waals surface area contributed by atoms with Crippen LogP contribution >= 0.6 is 0 Å². The largest absolute Gasteiger partial charge is 0.348 e. The van der Waals surface area contributed by atoms with Crippen LogP contribution in [0.3, 0.4) is 0 Å². The van der Waals surface area contributed by atoms with Crippen LogP contribution < -0.4 is 10.2 Å². The van der Waals surface area contributed by atoms with Crippen molar-refractivity contribution in [3.05, 3.63) is 65.2 Å². The molecule has 7 nitrogen and oxygen atoms in total. The number of benzene rings is 2. The average Bonchev–Trinajstić information content (AvgIpc) is 2.75. The molecule has 8 heteroatoms. The minimum atomic E-state index is -3.73. The second-order valence-electron chi connectivity index (χ2n) is 6.71. The predicted molar refractivity (Wildman–Crippen MR) is 112 cm³/mol. The van der Waals surface area contributed by atoms with Crippen LogP contribution in [0, 0.1) is 0 Å². The summed E-state index contributed by atoms with van der Waals surface area (Å²) >= 11 is 0. The molecule has 0 bridgehead atoms. The monoisotopic (exact) mass is 420 g/mol. The normalized spacial score (nSPS) is 11.8. The Balaban J connectivity index is 2.07. The molecular weight excluding hydrogens is 390 g/mol.